The molecule has 0 bridgehead atoms. The molecule has 4 nitrogen and oxygen atoms in total. The van der Waals surface area contributed by atoms with Crippen molar-refractivity contribution in [1.29, 1.82) is 0 Å². The van der Waals surface area contributed by atoms with Crippen LogP contribution in [0.1, 0.15) is 11.7 Å². The smallest absolute Gasteiger partial charge is 0.162 e. The van der Waals surface area contributed by atoms with Gasteiger partial charge < -0.3 is 9.84 Å². The number of methoxy groups -OCH3 is 1. The van der Waals surface area contributed by atoms with Crippen LogP contribution in [0.25, 0.3) is 0 Å². The van der Waals surface area contributed by atoms with E-state index in [1.165, 1.54) is 0 Å². The Morgan fingerprint density at radius 1 is 1.31 bits per heavy atom. The number of sulfone groups is 1. The quantitative estimate of drug-likeness (QED) is 0.657. The number of hydrogen-bond acceptors (Lipinski definition) is 4. The first-order valence-electron chi connectivity index (χ1n) is 4.51. The molecule has 90 valence electrons. The molecule has 16 heavy (non-hydrogen) atoms. The third-order valence-electron chi connectivity index (χ3n) is 2.11. The molecule has 1 N–H and O–H groups in total. The molecule has 2 atom stereocenters. The summed E-state index contributed by atoms with van der Waals surface area (Å²) in [4.78, 5) is 0. The molecular formula is C10H13IO4S. The van der Waals surface area contributed by atoms with Crippen molar-refractivity contribution in [2.75, 3.05) is 13.4 Å². The van der Waals surface area contributed by atoms with Crippen molar-refractivity contribution in [2.24, 2.45) is 0 Å². The number of ether oxygens (including phenoxy) is 1. The third kappa shape index (κ3) is 3.33. The van der Waals surface area contributed by atoms with Crippen LogP contribution in [-0.4, -0.2) is 30.1 Å². The van der Waals surface area contributed by atoms with E-state index in [0.717, 1.165) is 6.26 Å². The predicted octanol–water partition coefficient (Wildman–Crippen LogP) is 1.53. The number of aliphatic hydroxyl groups is 1. The van der Waals surface area contributed by atoms with Crippen molar-refractivity contribution >= 4 is 32.4 Å². The standard InChI is InChI=1S/C10H13IO4S/c1-15-8-5-3-7(4-6-8)9(12)10(11)16(2,13)14/h3-6,9-10,12H,1-2H3/t9-,10-/m0/s1. The van der Waals surface area contributed by atoms with Gasteiger partial charge in [0.1, 0.15) is 15.1 Å². The highest BCUT2D eigenvalue weighted by molar-refractivity contribution is 14.1. The number of hydrogen-bond donors (Lipinski definition) is 1. The SMILES string of the molecule is COc1ccc([C@H](O)[C@@H](I)S(C)(=O)=O)cc1. The maximum Gasteiger partial charge on any atom is 0.162 e. The predicted molar refractivity (Wildman–Crippen MR) is 70.6 cm³/mol. The van der Waals surface area contributed by atoms with Crippen molar-refractivity contribution in [3.05, 3.63) is 29.8 Å². The average molecular weight is 356 g/mol. The summed E-state index contributed by atoms with van der Waals surface area (Å²) in [6.45, 7) is 0. The molecule has 0 saturated carbocycles. The van der Waals surface area contributed by atoms with Gasteiger partial charge in [0.25, 0.3) is 0 Å². The number of benzene rings is 1. The lowest BCUT2D eigenvalue weighted by Crippen LogP contribution is -2.21. The van der Waals surface area contributed by atoms with Crippen LogP contribution in [0, 0.1) is 0 Å². The first-order valence-corrected chi connectivity index (χ1v) is 7.71. The van der Waals surface area contributed by atoms with E-state index in [1.54, 1.807) is 54.0 Å². The van der Waals surface area contributed by atoms with Gasteiger partial charge in [-0.2, -0.15) is 0 Å². The summed E-state index contributed by atoms with van der Waals surface area (Å²) in [5.74, 6) is 0.667. The van der Waals surface area contributed by atoms with Gasteiger partial charge in [0.2, 0.25) is 0 Å². The molecule has 0 aliphatic rings. The minimum Gasteiger partial charge on any atom is -0.497 e. The zero-order valence-electron chi connectivity index (χ0n) is 8.92. The Morgan fingerprint density at radius 3 is 2.19 bits per heavy atom. The van der Waals surface area contributed by atoms with Crippen LogP contribution in [0.15, 0.2) is 24.3 Å². The van der Waals surface area contributed by atoms with Crippen LogP contribution in [-0.2, 0) is 9.84 Å². The van der Waals surface area contributed by atoms with E-state index in [1.807, 2.05) is 0 Å². The summed E-state index contributed by atoms with van der Waals surface area (Å²) in [5, 5.41) is 9.86. The van der Waals surface area contributed by atoms with E-state index in [4.69, 9.17) is 4.74 Å². The molecule has 0 fully saturated rings. The molecule has 0 amide bonds. The maximum absolute atomic E-state index is 11.3. The minimum atomic E-state index is -3.26. The second-order valence-corrected chi connectivity index (χ2v) is 7.75. The lowest BCUT2D eigenvalue weighted by atomic mass is 10.1. The van der Waals surface area contributed by atoms with Crippen molar-refractivity contribution in [3.8, 4) is 5.75 Å². The van der Waals surface area contributed by atoms with Crippen LogP contribution < -0.4 is 4.74 Å². The number of alkyl halides is 1. The van der Waals surface area contributed by atoms with Crippen LogP contribution >= 0.6 is 22.6 Å². The normalized spacial score (nSPS) is 15.5. The average Bonchev–Trinajstić information content (AvgIpc) is 2.26. The van der Waals surface area contributed by atoms with E-state index in [-0.39, 0.29) is 0 Å². The van der Waals surface area contributed by atoms with Gasteiger partial charge in [-0.05, 0) is 17.7 Å². The number of rotatable bonds is 4. The fourth-order valence-electron chi connectivity index (χ4n) is 1.19. The third-order valence-corrected chi connectivity index (χ3v) is 6.64. The molecule has 0 aliphatic carbocycles. The summed E-state index contributed by atoms with van der Waals surface area (Å²) in [7, 11) is -1.72. The first kappa shape index (κ1) is 13.7. The first-order chi connectivity index (χ1) is 7.36. The van der Waals surface area contributed by atoms with E-state index < -0.39 is 19.2 Å². The number of halogens is 1. The molecular weight excluding hydrogens is 343 g/mol. The highest BCUT2D eigenvalue weighted by atomic mass is 127. The molecule has 0 spiro atoms. The van der Waals surface area contributed by atoms with Crippen LogP contribution in [0.5, 0.6) is 5.75 Å². The van der Waals surface area contributed by atoms with Crippen LogP contribution in [0.3, 0.4) is 0 Å². The van der Waals surface area contributed by atoms with Crippen molar-refractivity contribution in [1.82, 2.24) is 0 Å². The molecule has 0 heterocycles. The Bertz CT molecular complexity index is 440. The molecule has 0 unspecified atom stereocenters. The zero-order valence-corrected chi connectivity index (χ0v) is 11.9. The van der Waals surface area contributed by atoms with Crippen molar-refractivity contribution in [3.63, 3.8) is 0 Å². The second kappa shape index (κ2) is 5.33. The fourth-order valence-corrected chi connectivity index (χ4v) is 2.23. The highest BCUT2D eigenvalue weighted by Gasteiger charge is 2.27. The summed E-state index contributed by atoms with van der Waals surface area (Å²) >= 11 is 1.73. The summed E-state index contributed by atoms with van der Waals surface area (Å²) in [6.07, 6.45) is 0.0816. The lowest BCUT2D eigenvalue weighted by Gasteiger charge is -2.16. The Hall–Kier alpha value is -0.340. The molecule has 0 radical (unpaired) electrons. The molecule has 0 aromatic heterocycles. The Morgan fingerprint density at radius 2 is 1.81 bits per heavy atom. The molecule has 6 heteroatoms. The van der Waals surface area contributed by atoms with Crippen molar-refractivity contribution < 1.29 is 18.3 Å². The minimum absolute atomic E-state index is 0.561. The van der Waals surface area contributed by atoms with E-state index in [2.05, 4.69) is 0 Å². The van der Waals surface area contributed by atoms with Crippen LogP contribution in [0.2, 0.25) is 0 Å². The topological polar surface area (TPSA) is 63.6 Å². The Kier molecular flexibility index (Phi) is 4.57. The second-order valence-electron chi connectivity index (χ2n) is 3.40. The number of aliphatic hydroxyl groups excluding tert-OH is 1. The van der Waals surface area contributed by atoms with E-state index in [0.29, 0.717) is 11.3 Å². The van der Waals surface area contributed by atoms with E-state index in [9.17, 15) is 13.5 Å². The van der Waals surface area contributed by atoms with Gasteiger partial charge >= 0.3 is 0 Å². The van der Waals surface area contributed by atoms with Gasteiger partial charge in [-0.3, -0.25) is 0 Å². The molecule has 1 aromatic rings. The summed E-state index contributed by atoms with van der Waals surface area (Å²) < 4.78 is 26.7. The molecule has 0 aliphatic heterocycles. The van der Waals surface area contributed by atoms with Gasteiger partial charge in [0, 0.05) is 6.26 Å². The highest BCUT2D eigenvalue weighted by Crippen LogP contribution is 2.27. The lowest BCUT2D eigenvalue weighted by molar-refractivity contribution is 0.197. The van der Waals surface area contributed by atoms with Gasteiger partial charge in [-0.25, -0.2) is 8.42 Å². The monoisotopic (exact) mass is 356 g/mol. The Balaban J connectivity index is 2.92. The van der Waals surface area contributed by atoms with Gasteiger partial charge in [-0.15, -0.1) is 0 Å². The van der Waals surface area contributed by atoms with Gasteiger partial charge in [0.05, 0.1) is 7.11 Å². The largest absolute Gasteiger partial charge is 0.497 e. The molecule has 1 aromatic carbocycles. The fraction of sp³-hybridized carbons (Fsp3) is 0.400. The van der Waals surface area contributed by atoms with Crippen LogP contribution in [0.4, 0.5) is 0 Å². The zero-order chi connectivity index (χ0) is 12.3. The molecule has 1 rings (SSSR count). The summed E-state index contributed by atoms with van der Waals surface area (Å²) in [6, 6.07) is 6.68. The van der Waals surface area contributed by atoms with E-state index >= 15 is 0 Å². The molecule has 0 saturated heterocycles. The van der Waals surface area contributed by atoms with Gasteiger partial charge in [0.15, 0.2) is 9.84 Å². The van der Waals surface area contributed by atoms with Gasteiger partial charge in [-0.1, -0.05) is 34.7 Å². The maximum atomic E-state index is 11.3. The summed E-state index contributed by atoms with van der Waals surface area (Å²) in [5.41, 5.74) is 0.561. The Labute approximate surface area is 109 Å². The van der Waals surface area contributed by atoms with Crippen molar-refractivity contribution in [2.45, 2.75) is 9.36 Å².